The molecule has 0 saturated heterocycles. The first kappa shape index (κ1) is 22.1. The molecule has 0 N–H and O–H groups in total. The zero-order valence-electron chi connectivity index (χ0n) is 17.2. The molecule has 0 fully saturated rings. The fourth-order valence-electron chi connectivity index (χ4n) is 3.74. The van der Waals surface area contributed by atoms with E-state index in [-0.39, 0.29) is 12.6 Å². The molecule has 0 amide bonds. The topological polar surface area (TPSA) is 61.6 Å². The average molecular weight is 478 g/mol. The number of nitrogens with zero attached hydrogens (tertiary/aromatic N) is 1. The highest BCUT2D eigenvalue weighted by Gasteiger charge is 2.23. The number of fused-ring (bicyclic) bond motifs is 1. The van der Waals surface area contributed by atoms with E-state index < -0.39 is 0 Å². The number of hydrogen-bond donors (Lipinski definition) is 0. The first-order valence-electron chi connectivity index (χ1n) is 9.86. The molecule has 1 aliphatic carbocycles. The first-order valence-corrected chi connectivity index (χ1v) is 11.6. The first-order chi connectivity index (χ1) is 15.0. The van der Waals surface area contributed by atoms with Crippen LogP contribution in [0.2, 0.25) is 10.0 Å². The van der Waals surface area contributed by atoms with Crippen molar-refractivity contribution < 1.29 is 18.8 Å². The third-order valence-corrected chi connectivity index (χ3v) is 7.08. The minimum absolute atomic E-state index is 0.0860. The number of esters is 1. The number of carbonyl (C=O) groups excluding carboxylic acids is 1. The lowest BCUT2D eigenvalue weighted by molar-refractivity contribution is -0.142. The standard InChI is InChI=1S/C23H21Cl2NO4S/c1-13-16(23(26-30-13)22-17(24)7-4-8-18(22)25)12-31-20-10-9-19(29-11-21(27)28-2)14-5-3-6-15(14)20/h4,7-10H,3,5-6,11-12H2,1-2H3. The zero-order valence-corrected chi connectivity index (χ0v) is 19.5. The van der Waals surface area contributed by atoms with Gasteiger partial charge in [-0.25, -0.2) is 4.79 Å². The minimum Gasteiger partial charge on any atom is -0.482 e. The van der Waals surface area contributed by atoms with Crippen LogP contribution in [0.15, 0.2) is 39.8 Å². The summed E-state index contributed by atoms with van der Waals surface area (Å²) in [7, 11) is 1.35. The van der Waals surface area contributed by atoms with Gasteiger partial charge in [-0.2, -0.15) is 0 Å². The Hall–Kier alpha value is -2.15. The number of thioether (sulfide) groups is 1. The summed E-state index contributed by atoms with van der Waals surface area (Å²) in [6, 6.07) is 9.38. The number of hydrogen-bond acceptors (Lipinski definition) is 6. The Balaban J connectivity index is 1.58. The zero-order chi connectivity index (χ0) is 22.0. The maximum Gasteiger partial charge on any atom is 0.343 e. The Bertz CT molecular complexity index is 1110. The number of carbonyl (C=O) groups is 1. The van der Waals surface area contributed by atoms with Gasteiger partial charge in [0.25, 0.3) is 0 Å². The normalized spacial score (nSPS) is 12.6. The van der Waals surface area contributed by atoms with Crippen LogP contribution in [0.3, 0.4) is 0 Å². The van der Waals surface area contributed by atoms with E-state index in [1.165, 1.54) is 23.1 Å². The number of benzene rings is 2. The van der Waals surface area contributed by atoms with Crippen molar-refractivity contribution >= 4 is 40.9 Å². The second-order valence-corrected chi connectivity index (χ2v) is 9.02. The molecule has 5 nitrogen and oxygen atoms in total. The molecule has 0 saturated carbocycles. The summed E-state index contributed by atoms with van der Waals surface area (Å²) < 4.78 is 15.8. The molecule has 4 rings (SSSR count). The number of methoxy groups -OCH3 is 1. The van der Waals surface area contributed by atoms with Crippen molar-refractivity contribution in [2.24, 2.45) is 0 Å². The molecule has 0 radical (unpaired) electrons. The van der Waals surface area contributed by atoms with Gasteiger partial charge in [-0.3, -0.25) is 0 Å². The van der Waals surface area contributed by atoms with Gasteiger partial charge in [0, 0.05) is 21.8 Å². The van der Waals surface area contributed by atoms with Crippen LogP contribution < -0.4 is 4.74 Å². The predicted octanol–water partition coefficient (Wildman–Crippen LogP) is 6.29. The third kappa shape index (κ3) is 4.56. The highest BCUT2D eigenvalue weighted by Crippen LogP contribution is 2.42. The highest BCUT2D eigenvalue weighted by atomic mass is 35.5. The number of rotatable bonds is 7. The van der Waals surface area contributed by atoms with E-state index in [2.05, 4.69) is 9.89 Å². The van der Waals surface area contributed by atoms with Crippen molar-refractivity contribution in [3.8, 4) is 17.0 Å². The lowest BCUT2D eigenvalue weighted by Crippen LogP contribution is -2.13. The van der Waals surface area contributed by atoms with Gasteiger partial charge in [-0.05, 0) is 61.6 Å². The van der Waals surface area contributed by atoms with Gasteiger partial charge in [0.2, 0.25) is 0 Å². The fraction of sp³-hybridized carbons (Fsp3) is 0.304. The SMILES string of the molecule is COC(=O)COc1ccc(SCc2c(-c3c(Cl)cccc3Cl)noc2C)c2c1CCC2. The second kappa shape index (κ2) is 9.55. The van der Waals surface area contributed by atoms with Gasteiger partial charge in [0.1, 0.15) is 17.2 Å². The van der Waals surface area contributed by atoms with Crippen LogP contribution in [0.25, 0.3) is 11.3 Å². The molecule has 0 aliphatic heterocycles. The van der Waals surface area contributed by atoms with E-state index in [4.69, 9.17) is 32.5 Å². The Morgan fingerprint density at radius 3 is 2.65 bits per heavy atom. The van der Waals surface area contributed by atoms with Gasteiger partial charge < -0.3 is 14.0 Å². The van der Waals surface area contributed by atoms with Gasteiger partial charge in [-0.15, -0.1) is 11.8 Å². The van der Waals surface area contributed by atoms with Crippen LogP contribution in [0.5, 0.6) is 5.75 Å². The quantitative estimate of drug-likeness (QED) is 0.294. The van der Waals surface area contributed by atoms with Gasteiger partial charge in [-0.1, -0.05) is 34.4 Å². The molecule has 1 heterocycles. The molecule has 31 heavy (non-hydrogen) atoms. The molecular formula is C23H21Cl2NO4S. The monoisotopic (exact) mass is 477 g/mol. The summed E-state index contributed by atoms with van der Waals surface area (Å²) in [5, 5.41) is 5.32. The van der Waals surface area contributed by atoms with Crippen molar-refractivity contribution in [3.05, 3.63) is 62.8 Å². The van der Waals surface area contributed by atoms with E-state index in [1.807, 2.05) is 25.1 Å². The third-order valence-electron chi connectivity index (χ3n) is 5.33. The summed E-state index contributed by atoms with van der Waals surface area (Å²) in [5.41, 5.74) is 4.78. The maximum absolute atomic E-state index is 11.4. The van der Waals surface area contributed by atoms with Crippen LogP contribution in [0, 0.1) is 6.92 Å². The molecule has 0 bridgehead atoms. The number of aromatic nitrogens is 1. The van der Waals surface area contributed by atoms with E-state index in [1.54, 1.807) is 23.9 Å². The van der Waals surface area contributed by atoms with Crippen LogP contribution in [-0.2, 0) is 28.1 Å². The molecule has 162 valence electrons. The highest BCUT2D eigenvalue weighted by molar-refractivity contribution is 7.98. The molecule has 1 aliphatic rings. The van der Waals surface area contributed by atoms with Crippen LogP contribution in [0.4, 0.5) is 0 Å². The molecule has 2 aromatic carbocycles. The van der Waals surface area contributed by atoms with E-state index in [9.17, 15) is 4.79 Å². The van der Waals surface area contributed by atoms with E-state index >= 15 is 0 Å². The lowest BCUT2D eigenvalue weighted by Gasteiger charge is -2.14. The Labute approximate surface area is 195 Å². The van der Waals surface area contributed by atoms with Crippen molar-refractivity contribution in [2.45, 2.75) is 36.8 Å². The van der Waals surface area contributed by atoms with Crippen molar-refractivity contribution in [2.75, 3.05) is 13.7 Å². The van der Waals surface area contributed by atoms with Crippen molar-refractivity contribution in [3.63, 3.8) is 0 Å². The Morgan fingerprint density at radius 2 is 1.90 bits per heavy atom. The van der Waals surface area contributed by atoms with Crippen molar-refractivity contribution in [1.82, 2.24) is 5.16 Å². The molecule has 8 heteroatoms. The largest absolute Gasteiger partial charge is 0.482 e. The maximum atomic E-state index is 11.4. The van der Waals surface area contributed by atoms with Gasteiger partial charge in [0.05, 0.1) is 17.2 Å². The summed E-state index contributed by atoms with van der Waals surface area (Å²) in [6.07, 6.45) is 2.99. The molecule has 3 aromatic rings. The fourth-order valence-corrected chi connectivity index (χ4v) is 5.52. The Kier molecular flexibility index (Phi) is 6.80. The molecule has 0 atom stereocenters. The average Bonchev–Trinajstić information content (AvgIpc) is 3.38. The molecule has 0 spiro atoms. The number of ether oxygens (including phenoxy) is 2. The number of aryl methyl sites for hydroxylation is 1. The Morgan fingerprint density at radius 1 is 1.16 bits per heavy atom. The van der Waals surface area contributed by atoms with Crippen LogP contribution >= 0.6 is 35.0 Å². The summed E-state index contributed by atoms with van der Waals surface area (Å²) in [4.78, 5) is 12.6. The predicted molar refractivity (Wildman–Crippen MR) is 122 cm³/mol. The van der Waals surface area contributed by atoms with E-state index in [0.29, 0.717) is 27.1 Å². The molecule has 0 unspecified atom stereocenters. The summed E-state index contributed by atoms with van der Waals surface area (Å²) in [6.45, 7) is 1.81. The van der Waals surface area contributed by atoms with Gasteiger partial charge >= 0.3 is 5.97 Å². The van der Waals surface area contributed by atoms with Crippen molar-refractivity contribution in [1.29, 1.82) is 0 Å². The number of halogens is 2. The molecule has 1 aromatic heterocycles. The lowest BCUT2D eigenvalue weighted by atomic mass is 10.1. The summed E-state index contributed by atoms with van der Waals surface area (Å²) in [5.74, 6) is 1.78. The van der Waals surface area contributed by atoms with E-state index in [0.717, 1.165) is 36.3 Å². The molecular weight excluding hydrogens is 457 g/mol. The summed E-state index contributed by atoms with van der Waals surface area (Å²) >= 11 is 14.5. The van der Waals surface area contributed by atoms with Gasteiger partial charge in [0.15, 0.2) is 6.61 Å². The minimum atomic E-state index is -0.390. The van der Waals surface area contributed by atoms with Crippen LogP contribution in [-0.4, -0.2) is 24.8 Å². The second-order valence-electron chi connectivity index (χ2n) is 7.19. The smallest absolute Gasteiger partial charge is 0.343 e. The van der Waals surface area contributed by atoms with Crippen LogP contribution in [0.1, 0.15) is 28.9 Å².